The number of rotatable bonds is 6. The molecule has 0 aliphatic carbocycles. The molecule has 0 aromatic heterocycles. The molecule has 1 fully saturated rings. The van der Waals surface area contributed by atoms with E-state index in [4.69, 9.17) is 0 Å². The number of urea groups is 1. The van der Waals surface area contributed by atoms with Crippen molar-refractivity contribution in [2.75, 3.05) is 11.9 Å². The zero-order valence-corrected chi connectivity index (χ0v) is 15.9. The smallest absolute Gasteiger partial charge is 0.325 e. The van der Waals surface area contributed by atoms with E-state index in [2.05, 4.69) is 24.5 Å². The molecule has 27 heavy (non-hydrogen) atoms. The van der Waals surface area contributed by atoms with Gasteiger partial charge in [0.05, 0.1) is 0 Å². The van der Waals surface area contributed by atoms with E-state index in [-0.39, 0.29) is 12.5 Å². The Kier molecular flexibility index (Phi) is 5.17. The molecule has 4 amide bonds. The third-order valence-electron chi connectivity index (χ3n) is 4.90. The number of nitrogens with zero attached hydrogens (tertiary/aromatic N) is 1. The van der Waals surface area contributed by atoms with Crippen molar-refractivity contribution in [2.24, 2.45) is 5.92 Å². The molecule has 0 spiro atoms. The molecule has 1 heterocycles. The van der Waals surface area contributed by atoms with Gasteiger partial charge < -0.3 is 10.6 Å². The van der Waals surface area contributed by atoms with Crippen LogP contribution in [-0.4, -0.2) is 34.8 Å². The molecule has 1 saturated heterocycles. The van der Waals surface area contributed by atoms with Gasteiger partial charge in [0, 0.05) is 5.69 Å². The minimum atomic E-state index is -0.940. The van der Waals surface area contributed by atoms with Crippen LogP contribution in [0.5, 0.6) is 0 Å². The number of carbonyl (C=O) groups is 3. The van der Waals surface area contributed by atoms with Gasteiger partial charge in [0.2, 0.25) is 5.91 Å². The summed E-state index contributed by atoms with van der Waals surface area (Å²) < 4.78 is 0. The first-order chi connectivity index (χ1) is 12.8. The number of benzene rings is 2. The molecule has 1 atom stereocenters. The fraction of sp³-hybridized carbons (Fsp3) is 0.381. The van der Waals surface area contributed by atoms with E-state index in [9.17, 15) is 14.4 Å². The molecular formula is C21H25N3O3. The van der Waals surface area contributed by atoms with Gasteiger partial charge in [0.15, 0.2) is 0 Å². The Morgan fingerprint density at radius 2 is 1.85 bits per heavy atom. The molecule has 2 aromatic carbocycles. The Morgan fingerprint density at radius 3 is 2.56 bits per heavy atom. The van der Waals surface area contributed by atoms with Gasteiger partial charge in [0.1, 0.15) is 12.1 Å². The summed E-state index contributed by atoms with van der Waals surface area (Å²) in [6.45, 7) is 5.56. The maximum atomic E-state index is 12.7. The highest BCUT2D eigenvalue weighted by molar-refractivity contribution is 6.10. The van der Waals surface area contributed by atoms with Gasteiger partial charge >= 0.3 is 6.03 Å². The predicted octanol–water partition coefficient (Wildman–Crippen LogP) is 3.53. The van der Waals surface area contributed by atoms with Gasteiger partial charge in [-0.15, -0.1) is 0 Å². The van der Waals surface area contributed by atoms with Crippen molar-refractivity contribution in [1.29, 1.82) is 0 Å². The van der Waals surface area contributed by atoms with E-state index in [0.717, 1.165) is 22.1 Å². The second-order valence-electron chi connectivity index (χ2n) is 7.70. The Morgan fingerprint density at radius 1 is 1.15 bits per heavy atom. The lowest BCUT2D eigenvalue weighted by Gasteiger charge is -2.22. The summed E-state index contributed by atoms with van der Waals surface area (Å²) in [5.41, 5.74) is -0.307. The second-order valence-corrected chi connectivity index (χ2v) is 7.70. The summed E-state index contributed by atoms with van der Waals surface area (Å²) in [6.07, 6.45) is 1.37. The zero-order valence-electron chi connectivity index (χ0n) is 15.9. The van der Waals surface area contributed by atoms with Crippen LogP contribution < -0.4 is 10.6 Å². The summed E-state index contributed by atoms with van der Waals surface area (Å²) in [6, 6.07) is 12.9. The van der Waals surface area contributed by atoms with Crippen LogP contribution in [-0.2, 0) is 9.59 Å². The van der Waals surface area contributed by atoms with Gasteiger partial charge in [-0.2, -0.15) is 0 Å². The van der Waals surface area contributed by atoms with Gasteiger partial charge in [-0.25, -0.2) is 4.79 Å². The summed E-state index contributed by atoms with van der Waals surface area (Å²) in [4.78, 5) is 38.3. The van der Waals surface area contributed by atoms with Gasteiger partial charge in [-0.1, -0.05) is 44.2 Å². The zero-order chi connectivity index (χ0) is 19.6. The third-order valence-corrected chi connectivity index (χ3v) is 4.90. The van der Waals surface area contributed by atoms with Gasteiger partial charge in [-0.05, 0) is 48.6 Å². The number of hydrogen-bond donors (Lipinski definition) is 2. The number of nitrogens with one attached hydrogen (secondary N) is 2. The van der Waals surface area contributed by atoms with Crippen LogP contribution in [0.25, 0.3) is 10.8 Å². The molecule has 6 heteroatoms. The number of anilines is 1. The van der Waals surface area contributed by atoms with Crippen molar-refractivity contribution >= 4 is 34.3 Å². The lowest BCUT2D eigenvalue weighted by molar-refractivity contribution is -0.133. The first kappa shape index (κ1) is 18.9. The monoisotopic (exact) mass is 367 g/mol. The van der Waals surface area contributed by atoms with Crippen molar-refractivity contribution < 1.29 is 14.4 Å². The SMILES string of the molecule is CC(C)CC[C@]1(C)NC(=O)N(CC(=O)Nc2ccc3ccccc3c2)C1=O. The first-order valence-electron chi connectivity index (χ1n) is 9.21. The number of hydrogen-bond acceptors (Lipinski definition) is 3. The Bertz CT molecular complexity index is 893. The average molecular weight is 367 g/mol. The molecule has 0 unspecified atom stereocenters. The standard InChI is InChI=1S/C21H25N3O3/c1-14(2)10-11-21(3)19(26)24(20(27)23-21)13-18(25)22-17-9-8-15-6-4-5-7-16(15)12-17/h4-9,12,14H,10-11,13H2,1-3H3,(H,22,25)(H,23,27)/t21-/m0/s1. The van der Waals surface area contributed by atoms with Gasteiger partial charge in [0.25, 0.3) is 5.91 Å². The minimum Gasteiger partial charge on any atom is -0.325 e. The van der Waals surface area contributed by atoms with Crippen molar-refractivity contribution in [2.45, 2.75) is 39.2 Å². The summed E-state index contributed by atoms with van der Waals surface area (Å²) in [7, 11) is 0. The largest absolute Gasteiger partial charge is 0.325 e. The van der Waals surface area contributed by atoms with E-state index < -0.39 is 17.5 Å². The molecule has 0 bridgehead atoms. The van der Waals surface area contributed by atoms with Crippen LogP contribution in [0, 0.1) is 5.92 Å². The molecular weight excluding hydrogens is 342 g/mol. The lowest BCUT2D eigenvalue weighted by Crippen LogP contribution is -2.44. The summed E-state index contributed by atoms with van der Waals surface area (Å²) >= 11 is 0. The second kappa shape index (κ2) is 7.39. The van der Waals surface area contributed by atoms with Gasteiger partial charge in [-0.3, -0.25) is 14.5 Å². The highest BCUT2D eigenvalue weighted by atomic mass is 16.2. The fourth-order valence-corrected chi connectivity index (χ4v) is 3.25. The van der Waals surface area contributed by atoms with Crippen LogP contribution >= 0.6 is 0 Å². The van der Waals surface area contributed by atoms with Crippen LogP contribution in [0.15, 0.2) is 42.5 Å². The van der Waals surface area contributed by atoms with E-state index in [1.54, 1.807) is 13.0 Å². The van der Waals surface area contributed by atoms with Crippen molar-refractivity contribution in [3.63, 3.8) is 0 Å². The number of amides is 4. The van der Waals surface area contributed by atoms with E-state index in [0.29, 0.717) is 18.0 Å². The molecule has 2 N–H and O–H groups in total. The normalized spacial score (nSPS) is 19.6. The summed E-state index contributed by atoms with van der Waals surface area (Å²) in [5.74, 6) is -0.319. The van der Waals surface area contributed by atoms with Crippen molar-refractivity contribution in [1.82, 2.24) is 10.2 Å². The molecule has 1 aliphatic heterocycles. The van der Waals surface area contributed by atoms with Crippen LogP contribution in [0.3, 0.4) is 0 Å². The van der Waals surface area contributed by atoms with Crippen LogP contribution in [0.2, 0.25) is 0 Å². The molecule has 142 valence electrons. The lowest BCUT2D eigenvalue weighted by atomic mass is 9.92. The molecule has 0 radical (unpaired) electrons. The highest BCUT2D eigenvalue weighted by Gasteiger charge is 2.47. The van der Waals surface area contributed by atoms with Crippen molar-refractivity contribution in [3.05, 3.63) is 42.5 Å². The number of imide groups is 1. The van der Waals surface area contributed by atoms with E-state index in [1.165, 1.54) is 0 Å². The Labute approximate surface area is 158 Å². The third kappa shape index (κ3) is 4.10. The summed E-state index contributed by atoms with van der Waals surface area (Å²) in [5, 5.41) is 7.58. The maximum Gasteiger partial charge on any atom is 0.325 e. The fourth-order valence-electron chi connectivity index (χ4n) is 3.25. The minimum absolute atomic E-state index is 0.297. The van der Waals surface area contributed by atoms with E-state index in [1.807, 2.05) is 36.4 Å². The molecule has 6 nitrogen and oxygen atoms in total. The molecule has 3 rings (SSSR count). The Hall–Kier alpha value is -2.89. The quantitative estimate of drug-likeness (QED) is 0.767. The first-order valence-corrected chi connectivity index (χ1v) is 9.21. The number of carbonyl (C=O) groups excluding carboxylic acids is 3. The predicted molar refractivity (Wildman–Crippen MR) is 105 cm³/mol. The van der Waals surface area contributed by atoms with Crippen molar-refractivity contribution in [3.8, 4) is 0 Å². The number of fused-ring (bicyclic) bond motifs is 1. The molecule has 2 aromatic rings. The molecule has 0 saturated carbocycles. The van der Waals surface area contributed by atoms with E-state index >= 15 is 0 Å². The van der Waals surface area contributed by atoms with Crippen LogP contribution in [0.4, 0.5) is 10.5 Å². The average Bonchev–Trinajstić information content (AvgIpc) is 2.83. The topological polar surface area (TPSA) is 78.5 Å². The van der Waals surface area contributed by atoms with Crippen LogP contribution in [0.1, 0.15) is 33.6 Å². The Balaban J connectivity index is 1.66. The highest BCUT2D eigenvalue weighted by Crippen LogP contribution is 2.25. The maximum absolute atomic E-state index is 12.7. The molecule has 1 aliphatic rings.